The monoisotopic (exact) mass is 283 g/mol. The molecule has 0 aliphatic carbocycles. The Morgan fingerprint density at radius 3 is 3.06 bits per heavy atom. The van der Waals surface area contributed by atoms with Crippen molar-refractivity contribution >= 4 is 33.4 Å². The summed E-state index contributed by atoms with van der Waals surface area (Å²) in [7, 11) is 0. The van der Waals surface area contributed by atoms with E-state index in [1.54, 1.807) is 18.5 Å². The Labute approximate surface area is 101 Å². The second-order valence-corrected chi connectivity index (χ2v) is 4.40. The Kier molecular flexibility index (Phi) is 3.19. The largest absolute Gasteiger partial charge is 0.355 e. The molecule has 84 valence electrons. The average Bonchev–Trinajstić information content (AvgIpc) is 2.68. The number of nitrogens with one attached hydrogen (secondary N) is 2. The molecule has 0 aromatic carbocycles. The number of halogens is 1. The molecule has 1 fully saturated rings. The number of amides is 2. The fourth-order valence-electron chi connectivity index (χ4n) is 1.50. The van der Waals surface area contributed by atoms with E-state index in [2.05, 4.69) is 31.5 Å². The van der Waals surface area contributed by atoms with Gasteiger partial charge in [0, 0.05) is 25.4 Å². The Balaban J connectivity index is 2.03. The molecule has 1 atom stereocenters. The molecule has 1 aromatic heterocycles. The van der Waals surface area contributed by atoms with Gasteiger partial charge in [-0.05, 0) is 22.0 Å². The standard InChI is InChI=1S/C10H10BrN3O2/c11-7-5-12-2-1-8(7)14-10(16)6-3-9(15)13-4-6/h1-2,5-6H,3-4H2,(H,13,15)(H,12,14,16). The summed E-state index contributed by atoms with van der Waals surface area (Å²) in [5.41, 5.74) is 0.666. The first-order valence-electron chi connectivity index (χ1n) is 4.84. The smallest absolute Gasteiger partial charge is 0.229 e. The molecule has 0 spiro atoms. The summed E-state index contributed by atoms with van der Waals surface area (Å²) in [6.07, 6.45) is 3.46. The maximum atomic E-state index is 11.8. The number of carbonyl (C=O) groups is 2. The predicted molar refractivity (Wildman–Crippen MR) is 61.7 cm³/mol. The molecule has 2 heterocycles. The molecule has 1 aromatic rings. The minimum Gasteiger partial charge on any atom is -0.355 e. The second-order valence-electron chi connectivity index (χ2n) is 3.55. The summed E-state index contributed by atoms with van der Waals surface area (Å²) < 4.78 is 0.723. The topological polar surface area (TPSA) is 71.1 Å². The van der Waals surface area contributed by atoms with Crippen molar-refractivity contribution in [1.29, 1.82) is 0 Å². The van der Waals surface area contributed by atoms with Gasteiger partial charge in [-0.15, -0.1) is 0 Å². The van der Waals surface area contributed by atoms with Crippen LogP contribution in [0.3, 0.4) is 0 Å². The van der Waals surface area contributed by atoms with Gasteiger partial charge in [0.05, 0.1) is 16.1 Å². The number of rotatable bonds is 2. The number of aromatic nitrogens is 1. The van der Waals surface area contributed by atoms with Gasteiger partial charge in [0.25, 0.3) is 0 Å². The van der Waals surface area contributed by atoms with Crippen molar-refractivity contribution in [3.63, 3.8) is 0 Å². The quantitative estimate of drug-likeness (QED) is 0.848. The summed E-state index contributed by atoms with van der Waals surface area (Å²) in [5.74, 6) is -0.508. The fourth-order valence-corrected chi connectivity index (χ4v) is 1.85. The molecule has 16 heavy (non-hydrogen) atoms. The highest BCUT2D eigenvalue weighted by molar-refractivity contribution is 9.10. The molecule has 2 rings (SSSR count). The molecule has 0 bridgehead atoms. The number of hydrogen-bond acceptors (Lipinski definition) is 3. The lowest BCUT2D eigenvalue weighted by Crippen LogP contribution is -2.24. The van der Waals surface area contributed by atoms with E-state index < -0.39 is 0 Å². The number of nitrogens with zero attached hydrogens (tertiary/aromatic N) is 1. The van der Waals surface area contributed by atoms with Crippen molar-refractivity contribution in [3.05, 3.63) is 22.9 Å². The zero-order chi connectivity index (χ0) is 11.5. The van der Waals surface area contributed by atoms with E-state index in [1.165, 1.54) is 0 Å². The van der Waals surface area contributed by atoms with Crippen LogP contribution in [0.2, 0.25) is 0 Å². The molecule has 0 saturated carbocycles. The highest BCUT2D eigenvalue weighted by atomic mass is 79.9. The van der Waals surface area contributed by atoms with Gasteiger partial charge in [0.1, 0.15) is 0 Å². The van der Waals surface area contributed by atoms with Crippen molar-refractivity contribution in [2.45, 2.75) is 6.42 Å². The molecule has 0 radical (unpaired) electrons. The maximum Gasteiger partial charge on any atom is 0.229 e. The van der Waals surface area contributed by atoms with Gasteiger partial charge in [0.15, 0.2) is 0 Å². The third-order valence-electron chi connectivity index (χ3n) is 2.38. The van der Waals surface area contributed by atoms with Gasteiger partial charge in [-0.1, -0.05) is 0 Å². The molecule has 5 nitrogen and oxygen atoms in total. The third kappa shape index (κ3) is 2.38. The molecule has 2 amide bonds. The molecule has 1 saturated heterocycles. The molecule has 2 N–H and O–H groups in total. The Hall–Kier alpha value is -1.43. The van der Waals surface area contributed by atoms with Crippen LogP contribution in [0.4, 0.5) is 5.69 Å². The van der Waals surface area contributed by atoms with E-state index in [4.69, 9.17) is 0 Å². The van der Waals surface area contributed by atoms with Gasteiger partial charge in [-0.2, -0.15) is 0 Å². The number of pyridine rings is 1. The van der Waals surface area contributed by atoms with Crippen LogP contribution in [0.15, 0.2) is 22.9 Å². The highest BCUT2D eigenvalue weighted by Gasteiger charge is 2.28. The van der Waals surface area contributed by atoms with Crippen LogP contribution < -0.4 is 10.6 Å². The number of carbonyl (C=O) groups excluding carboxylic acids is 2. The van der Waals surface area contributed by atoms with Crippen LogP contribution in [-0.4, -0.2) is 23.3 Å². The predicted octanol–water partition coefficient (Wildman–Crippen LogP) is 0.919. The van der Waals surface area contributed by atoms with Crippen molar-refractivity contribution in [2.24, 2.45) is 5.92 Å². The van der Waals surface area contributed by atoms with E-state index in [9.17, 15) is 9.59 Å². The normalized spacial score (nSPS) is 19.3. The van der Waals surface area contributed by atoms with Crippen LogP contribution in [0.25, 0.3) is 0 Å². The lowest BCUT2D eigenvalue weighted by Gasteiger charge is -2.09. The van der Waals surface area contributed by atoms with Gasteiger partial charge >= 0.3 is 0 Å². The molecular weight excluding hydrogens is 274 g/mol. The van der Waals surface area contributed by atoms with Gasteiger partial charge in [0.2, 0.25) is 11.8 Å². The fraction of sp³-hybridized carbons (Fsp3) is 0.300. The minimum atomic E-state index is -0.285. The van der Waals surface area contributed by atoms with Crippen molar-refractivity contribution in [3.8, 4) is 0 Å². The zero-order valence-corrected chi connectivity index (χ0v) is 9.95. The first-order valence-corrected chi connectivity index (χ1v) is 5.63. The van der Waals surface area contributed by atoms with Gasteiger partial charge in [-0.25, -0.2) is 0 Å². The average molecular weight is 284 g/mol. The number of hydrogen-bond donors (Lipinski definition) is 2. The Morgan fingerprint density at radius 1 is 1.62 bits per heavy atom. The van der Waals surface area contributed by atoms with Crippen LogP contribution in [0, 0.1) is 5.92 Å². The maximum absolute atomic E-state index is 11.8. The molecule has 6 heteroatoms. The van der Waals surface area contributed by atoms with Crippen LogP contribution in [0.5, 0.6) is 0 Å². The van der Waals surface area contributed by atoms with E-state index in [0.717, 1.165) is 4.47 Å². The van der Waals surface area contributed by atoms with Crippen molar-refractivity contribution in [1.82, 2.24) is 10.3 Å². The first kappa shape index (κ1) is 11.1. The van der Waals surface area contributed by atoms with Crippen molar-refractivity contribution < 1.29 is 9.59 Å². The van der Waals surface area contributed by atoms with Crippen LogP contribution in [-0.2, 0) is 9.59 Å². The second kappa shape index (κ2) is 4.61. The van der Waals surface area contributed by atoms with E-state index >= 15 is 0 Å². The zero-order valence-electron chi connectivity index (χ0n) is 8.37. The Morgan fingerprint density at radius 2 is 2.44 bits per heavy atom. The summed E-state index contributed by atoms with van der Waals surface area (Å²) in [5, 5.41) is 5.38. The van der Waals surface area contributed by atoms with Gasteiger partial charge in [-0.3, -0.25) is 14.6 Å². The molecule has 1 aliphatic rings. The lowest BCUT2D eigenvalue weighted by atomic mass is 10.1. The summed E-state index contributed by atoms with van der Waals surface area (Å²) >= 11 is 3.29. The molecule has 1 aliphatic heterocycles. The van der Waals surface area contributed by atoms with Crippen molar-refractivity contribution in [2.75, 3.05) is 11.9 Å². The van der Waals surface area contributed by atoms with Gasteiger partial charge < -0.3 is 10.6 Å². The number of anilines is 1. The van der Waals surface area contributed by atoms with E-state index in [0.29, 0.717) is 12.2 Å². The van der Waals surface area contributed by atoms with Crippen LogP contribution >= 0.6 is 15.9 Å². The summed E-state index contributed by atoms with van der Waals surface area (Å²) in [6.45, 7) is 0.410. The minimum absolute atomic E-state index is 0.0751. The van der Waals surface area contributed by atoms with E-state index in [1.807, 2.05) is 0 Å². The molecular formula is C10H10BrN3O2. The summed E-state index contributed by atoms with van der Waals surface area (Å²) in [6, 6.07) is 1.70. The first-order chi connectivity index (χ1) is 7.66. The van der Waals surface area contributed by atoms with Crippen LogP contribution in [0.1, 0.15) is 6.42 Å². The lowest BCUT2D eigenvalue weighted by molar-refractivity contribution is -0.123. The Bertz CT molecular complexity index is 436. The summed E-state index contributed by atoms with van der Waals surface area (Å²) in [4.78, 5) is 26.6. The van der Waals surface area contributed by atoms with E-state index in [-0.39, 0.29) is 24.2 Å². The SMILES string of the molecule is O=C1CC(C(=O)Nc2ccncc2Br)CN1. The third-order valence-corrected chi connectivity index (χ3v) is 3.01. The molecule has 1 unspecified atom stereocenters. The highest BCUT2D eigenvalue weighted by Crippen LogP contribution is 2.21.